The van der Waals surface area contributed by atoms with Crippen molar-refractivity contribution in [2.45, 2.75) is 39.0 Å². The Morgan fingerprint density at radius 1 is 1.15 bits per heavy atom. The van der Waals surface area contributed by atoms with Crippen molar-refractivity contribution < 1.29 is 9.53 Å². The van der Waals surface area contributed by atoms with E-state index in [0.717, 1.165) is 12.1 Å². The third-order valence-electron chi connectivity index (χ3n) is 3.27. The Labute approximate surface area is 121 Å². The minimum Gasteiger partial charge on any atom is -0.399 e. The summed E-state index contributed by atoms with van der Waals surface area (Å²) in [6.45, 7) is 2.99. The number of nitrogen functional groups attached to an aromatic ring is 1. The molecule has 0 radical (unpaired) electrons. The third kappa shape index (κ3) is 6.06. The van der Waals surface area contributed by atoms with Gasteiger partial charge in [0, 0.05) is 25.0 Å². The van der Waals surface area contributed by atoms with Crippen molar-refractivity contribution >= 4 is 17.3 Å². The second kappa shape index (κ2) is 9.37. The number of unbranched alkanes of at least 4 members (excludes halogenated alkanes) is 4. The molecule has 0 aromatic heterocycles. The molecule has 0 fully saturated rings. The molecular formula is C16H26N2O2. The van der Waals surface area contributed by atoms with E-state index in [4.69, 9.17) is 10.5 Å². The Hall–Kier alpha value is -1.55. The van der Waals surface area contributed by atoms with Gasteiger partial charge >= 0.3 is 0 Å². The first-order valence-corrected chi connectivity index (χ1v) is 7.35. The van der Waals surface area contributed by atoms with Gasteiger partial charge in [0.2, 0.25) is 0 Å². The van der Waals surface area contributed by atoms with Crippen LogP contribution in [-0.2, 0) is 9.53 Å². The first-order chi connectivity index (χ1) is 9.65. The number of rotatable bonds is 9. The van der Waals surface area contributed by atoms with Crippen LogP contribution in [0.4, 0.5) is 11.4 Å². The fraction of sp³-hybridized carbons (Fsp3) is 0.562. The molecule has 20 heavy (non-hydrogen) atoms. The first-order valence-electron chi connectivity index (χ1n) is 7.35. The average Bonchev–Trinajstić information content (AvgIpc) is 2.46. The number of hydrogen-bond donors (Lipinski definition) is 1. The van der Waals surface area contributed by atoms with E-state index in [9.17, 15) is 4.79 Å². The van der Waals surface area contributed by atoms with Crippen molar-refractivity contribution in [3.05, 3.63) is 24.3 Å². The van der Waals surface area contributed by atoms with E-state index in [1.165, 1.54) is 25.7 Å². The molecule has 0 atom stereocenters. The Balaban J connectivity index is 2.20. The molecule has 0 bridgehead atoms. The van der Waals surface area contributed by atoms with Crippen LogP contribution in [0.1, 0.15) is 39.0 Å². The lowest BCUT2D eigenvalue weighted by atomic mass is 10.2. The number of carbonyl (C=O) groups is 1. The van der Waals surface area contributed by atoms with Gasteiger partial charge in [0.05, 0.1) is 0 Å². The lowest BCUT2D eigenvalue weighted by Crippen LogP contribution is -2.30. The van der Waals surface area contributed by atoms with E-state index in [1.807, 2.05) is 12.1 Å². The summed E-state index contributed by atoms with van der Waals surface area (Å²) >= 11 is 0. The molecule has 1 rings (SSSR count). The topological polar surface area (TPSA) is 55.6 Å². The maximum atomic E-state index is 11.9. The van der Waals surface area contributed by atoms with E-state index in [-0.39, 0.29) is 12.5 Å². The third-order valence-corrected chi connectivity index (χ3v) is 3.27. The number of nitrogens with two attached hydrogens (primary N) is 1. The Bertz CT molecular complexity index is 390. The first kappa shape index (κ1) is 16.5. The maximum absolute atomic E-state index is 11.9. The second-order valence-electron chi connectivity index (χ2n) is 5.01. The highest BCUT2D eigenvalue weighted by Crippen LogP contribution is 2.14. The maximum Gasteiger partial charge on any atom is 0.252 e. The molecule has 112 valence electrons. The van der Waals surface area contributed by atoms with E-state index in [2.05, 4.69) is 6.92 Å². The van der Waals surface area contributed by atoms with Crippen molar-refractivity contribution in [2.24, 2.45) is 0 Å². The van der Waals surface area contributed by atoms with E-state index >= 15 is 0 Å². The molecule has 0 saturated carbocycles. The summed E-state index contributed by atoms with van der Waals surface area (Å²) in [5.41, 5.74) is 7.14. The monoisotopic (exact) mass is 278 g/mol. The predicted octanol–water partition coefficient (Wildman–Crippen LogP) is 3.22. The van der Waals surface area contributed by atoms with Crippen LogP contribution in [0.3, 0.4) is 0 Å². The molecule has 0 spiro atoms. The van der Waals surface area contributed by atoms with Gasteiger partial charge in [-0.25, -0.2) is 0 Å². The van der Waals surface area contributed by atoms with Crippen molar-refractivity contribution in [3.63, 3.8) is 0 Å². The number of likely N-dealkylation sites (N-methyl/N-ethyl adjacent to an activating group) is 1. The molecule has 0 saturated heterocycles. The van der Waals surface area contributed by atoms with Crippen LogP contribution in [0.25, 0.3) is 0 Å². The molecule has 4 nitrogen and oxygen atoms in total. The van der Waals surface area contributed by atoms with Crippen molar-refractivity contribution in [1.29, 1.82) is 0 Å². The molecule has 1 aromatic rings. The fourth-order valence-electron chi connectivity index (χ4n) is 1.91. The minimum absolute atomic E-state index is 0.0386. The van der Waals surface area contributed by atoms with Crippen molar-refractivity contribution in [3.8, 4) is 0 Å². The van der Waals surface area contributed by atoms with Gasteiger partial charge in [0.1, 0.15) is 6.61 Å². The van der Waals surface area contributed by atoms with Crippen LogP contribution in [0.5, 0.6) is 0 Å². The quantitative estimate of drug-likeness (QED) is 0.557. The highest BCUT2D eigenvalue weighted by atomic mass is 16.5. The summed E-state index contributed by atoms with van der Waals surface area (Å²) in [5, 5.41) is 0. The zero-order chi connectivity index (χ0) is 14.8. The molecule has 0 aliphatic carbocycles. The van der Waals surface area contributed by atoms with Crippen molar-refractivity contribution in [1.82, 2.24) is 0 Å². The average molecular weight is 278 g/mol. The number of amides is 1. The van der Waals surface area contributed by atoms with Crippen LogP contribution in [0, 0.1) is 0 Å². The predicted molar refractivity (Wildman–Crippen MR) is 83.8 cm³/mol. The zero-order valence-electron chi connectivity index (χ0n) is 12.6. The van der Waals surface area contributed by atoms with Crippen LogP contribution in [-0.4, -0.2) is 26.2 Å². The lowest BCUT2D eigenvalue weighted by molar-refractivity contribution is -0.122. The van der Waals surface area contributed by atoms with Gasteiger partial charge < -0.3 is 15.4 Å². The Morgan fingerprint density at radius 2 is 1.80 bits per heavy atom. The van der Waals surface area contributed by atoms with Crippen LogP contribution in [0.15, 0.2) is 24.3 Å². The molecule has 0 aliphatic rings. The largest absolute Gasteiger partial charge is 0.399 e. The summed E-state index contributed by atoms with van der Waals surface area (Å²) in [6.07, 6.45) is 5.97. The molecule has 1 amide bonds. The van der Waals surface area contributed by atoms with Gasteiger partial charge in [-0.1, -0.05) is 32.6 Å². The molecule has 2 N–H and O–H groups in total. The number of nitrogens with zero attached hydrogens (tertiary/aromatic N) is 1. The van der Waals surface area contributed by atoms with Crippen LogP contribution < -0.4 is 10.6 Å². The number of hydrogen-bond acceptors (Lipinski definition) is 3. The van der Waals surface area contributed by atoms with Crippen molar-refractivity contribution in [2.75, 3.05) is 30.9 Å². The second-order valence-corrected chi connectivity index (χ2v) is 5.01. The summed E-state index contributed by atoms with van der Waals surface area (Å²) in [6, 6.07) is 7.23. The minimum atomic E-state index is -0.0386. The Kier molecular flexibility index (Phi) is 7.73. The number of anilines is 2. The molecule has 4 heteroatoms. The summed E-state index contributed by atoms with van der Waals surface area (Å²) in [4.78, 5) is 13.5. The standard InChI is InChI=1S/C16H26N2O2/c1-3-4-5-6-7-12-20-13-16(19)18(2)15-10-8-14(17)9-11-15/h8-11H,3-7,12-13,17H2,1-2H3. The van der Waals surface area contributed by atoms with Gasteiger partial charge in [-0.05, 0) is 30.7 Å². The SMILES string of the molecule is CCCCCCCOCC(=O)N(C)c1ccc(N)cc1. The number of carbonyl (C=O) groups excluding carboxylic acids is 1. The highest BCUT2D eigenvalue weighted by Gasteiger charge is 2.10. The smallest absolute Gasteiger partial charge is 0.252 e. The van der Waals surface area contributed by atoms with Crippen LogP contribution in [0.2, 0.25) is 0 Å². The zero-order valence-corrected chi connectivity index (χ0v) is 12.6. The van der Waals surface area contributed by atoms with Gasteiger partial charge in [0.15, 0.2) is 0 Å². The van der Waals surface area contributed by atoms with Gasteiger partial charge in [-0.3, -0.25) is 4.79 Å². The van der Waals surface area contributed by atoms with Gasteiger partial charge in [-0.2, -0.15) is 0 Å². The summed E-state index contributed by atoms with van der Waals surface area (Å²) in [7, 11) is 1.75. The lowest BCUT2D eigenvalue weighted by Gasteiger charge is -2.17. The normalized spacial score (nSPS) is 10.5. The molecular weight excluding hydrogens is 252 g/mol. The van der Waals surface area contributed by atoms with Gasteiger partial charge in [-0.15, -0.1) is 0 Å². The molecule has 1 aromatic carbocycles. The molecule has 0 aliphatic heterocycles. The molecule has 0 heterocycles. The Morgan fingerprint density at radius 3 is 2.45 bits per heavy atom. The van der Waals surface area contributed by atoms with E-state index in [0.29, 0.717) is 12.3 Å². The van der Waals surface area contributed by atoms with E-state index < -0.39 is 0 Å². The van der Waals surface area contributed by atoms with Crippen LogP contribution >= 0.6 is 0 Å². The fourth-order valence-corrected chi connectivity index (χ4v) is 1.91. The molecule has 0 unspecified atom stereocenters. The summed E-state index contributed by atoms with van der Waals surface area (Å²) < 4.78 is 5.43. The number of ether oxygens (including phenoxy) is 1. The van der Waals surface area contributed by atoms with Gasteiger partial charge in [0.25, 0.3) is 5.91 Å². The summed E-state index contributed by atoms with van der Waals surface area (Å²) in [5.74, 6) is -0.0386. The highest BCUT2D eigenvalue weighted by molar-refractivity contribution is 5.93. The van der Waals surface area contributed by atoms with E-state index in [1.54, 1.807) is 24.1 Å². The number of benzene rings is 1.